The Labute approximate surface area is 174 Å². The van der Waals surface area contributed by atoms with E-state index >= 15 is 0 Å². The van der Waals surface area contributed by atoms with Crippen LogP contribution < -0.4 is 10.1 Å². The van der Waals surface area contributed by atoms with E-state index in [-0.39, 0.29) is 19.1 Å². The molecule has 7 heteroatoms. The zero-order valence-electron chi connectivity index (χ0n) is 15.8. The lowest BCUT2D eigenvalue weighted by molar-refractivity contribution is -0.136. The number of nitrogens with zero attached hydrogens (tertiary/aromatic N) is 1. The summed E-state index contributed by atoms with van der Waals surface area (Å²) in [5.41, 5.74) is 2.93. The number of aryl methyl sites for hydroxylation is 1. The van der Waals surface area contributed by atoms with Gasteiger partial charge in [-0.1, -0.05) is 30.1 Å². The first kappa shape index (κ1) is 21.9. The van der Waals surface area contributed by atoms with Gasteiger partial charge in [0, 0.05) is 18.2 Å². The van der Waals surface area contributed by atoms with Crippen LogP contribution in [-0.4, -0.2) is 17.1 Å². The molecule has 0 saturated carbocycles. The summed E-state index contributed by atoms with van der Waals surface area (Å²) in [7, 11) is 0. The summed E-state index contributed by atoms with van der Waals surface area (Å²) in [5.74, 6) is -0.548. The molecule has 2 aromatic carbocycles. The number of rotatable bonds is 9. The van der Waals surface area contributed by atoms with Crippen LogP contribution in [0.2, 0.25) is 10.0 Å². The van der Waals surface area contributed by atoms with Crippen LogP contribution in [-0.2, 0) is 17.8 Å². The lowest BCUT2D eigenvalue weighted by Crippen LogP contribution is -2.13. The van der Waals surface area contributed by atoms with Crippen molar-refractivity contribution in [1.29, 1.82) is 5.26 Å². The molecule has 1 atom stereocenters. The molecule has 0 bridgehead atoms. The Balaban J connectivity index is 2.16. The van der Waals surface area contributed by atoms with Crippen LogP contribution >= 0.6 is 23.2 Å². The van der Waals surface area contributed by atoms with Crippen LogP contribution in [0.15, 0.2) is 30.3 Å². The molecule has 0 aliphatic carbocycles. The van der Waals surface area contributed by atoms with Gasteiger partial charge in [-0.05, 0) is 61.2 Å². The van der Waals surface area contributed by atoms with Crippen molar-refractivity contribution in [3.8, 4) is 11.8 Å². The quantitative estimate of drug-likeness (QED) is 0.545. The molecule has 0 radical (unpaired) electrons. The second-order valence-electron chi connectivity index (χ2n) is 6.56. The molecule has 0 spiro atoms. The van der Waals surface area contributed by atoms with Gasteiger partial charge in [0.1, 0.15) is 6.61 Å². The highest BCUT2D eigenvalue weighted by Crippen LogP contribution is 2.35. The van der Waals surface area contributed by atoms with E-state index in [1.807, 2.05) is 6.07 Å². The van der Waals surface area contributed by atoms with E-state index in [0.29, 0.717) is 27.8 Å². The van der Waals surface area contributed by atoms with Crippen LogP contribution in [0.4, 0.5) is 5.69 Å². The number of benzene rings is 2. The molecule has 1 unspecified atom stereocenters. The third kappa shape index (κ3) is 6.33. The highest BCUT2D eigenvalue weighted by molar-refractivity contribution is 6.37. The Morgan fingerprint density at radius 2 is 1.89 bits per heavy atom. The Hall–Kier alpha value is -2.42. The fraction of sp³-hybridized carbons (Fsp3) is 0.333. The normalized spacial score (nSPS) is 11.5. The highest BCUT2D eigenvalue weighted by atomic mass is 35.5. The van der Waals surface area contributed by atoms with Crippen molar-refractivity contribution < 1.29 is 14.6 Å². The molecule has 0 aliphatic heterocycles. The van der Waals surface area contributed by atoms with E-state index in [4.69, 9.17) is 33.0 Å². The summed E-state index contributed by atoms with van der Waals surface area (Å²) >= 11 is 12.5. The summed E-state index contributed by atoms with van der Waals surface area (Å²) < 4.78 is 5.80. The van der Waals surface area contributed by atoms with Crippen molar-refractivity contribution in [3.05, 3.63) is 57.1 Å². The Bertz CT molecular complexity index is 871. The molecular formula is C21H22Cl2N2O3. The molecular weight excluding hydrogens is 399 g/mol. The lowest BCUT2D eigenvalue weighted by Gasteiger charge is -2.16. The van der Waals surface area contributed by atoms with Gasteiger partial charge in [0.2, 0.25) is 0 Å². The molecule has 0 fully saturated rings. The molecule has 0 heterocycles. The molecule has 0 aliphatic rings. The van der Waals surface area contributed by atoms with Crippen LogP contribution in [0, 0.1) is 11.3 Å². The molecule has 28 heavy (non-hydrogen) atoms. The maximum absolute atomic E-state index is 10.7. The number of hydrogen-bond donors (Lipinski definition) is 2. The maximum Gasteiger partial charge on any atom is 0.303 e. The second-order valence-corrected chi connectivity index (χ2v) is 7.37. The Morgan fingerprint density at radius 1 is 1.21 bits per heavy atom. The fourth-order valence-electron chi connectivity index (χ4n) is 2.61. The molecule has 0 aromatic heterocycles. The first-order valence-electron chi connectivity index (χ1n) is 8.95. The molecule has 148 valence electrons. The number of nitrogens with one attached hydrogen (secondary N) is 1. The number of halogens is 2. The lowest BCUT2D eigenvalue weighted by atomic mass is 10.1. The largest absolute Gasteiger partial charge is 0.486 e. The summed E-state index contributed by atoms with van der Waals surface area (Å²) in [5, 5.41) is 22.1. The zero-order chi connectivity index (χ0) is 20.7. The van der Waals surface area contributed by atoms with Crippen LogP contribution in [0.25, 0.3) is 0 Å². The SMILES string of the molecule is CCC(C)Nc1cc(C#N)cc(COc2c(Cl)cc(CCC(=O)O)cc2Cl)c1. The number of ether oxygens (including phenoxy) is 1. The van der Waals surface area contributed by atoms with Gasteiger partial charge in [0.25, 0.3) is 0 Å². The van der Waals surface area contributed by atoms with Gasteiger partial charge in [-0.25, -0.2) is 0 Å². The molecule has 2 aromatic rings. The molecule has 2 N–H and O–H groups in total. The van der Waals surface area contributed by atoms with Gasteiger partial charge in [-0.15, -0.1) is 0 Å². The Morgan fingerprint density at radius 3 is 2.46 bits per heavy atom. The van der Waals surface area contributed by atoms with Crippen molar-refractivity contribution in [2.24, 2.45) is 0 Å². The smallest absolute Gasteiger partial charge is 0.303 e. The van der Waals surface area contributed by atoms with E-state index in [9.17, 15) is 10.1 Å². The van der Waals surface area contributed by atoms with Crippen molar-refractivity contribution in [2.45, 2.75) is 45.8 Å². The van der Waals surface area contributed by atoms with Crippen molar-refractivity contribution in [3.63, 3.8) is 0 Å². The minimum atomic E-state index is -0.883. The summed E-state index contributed by atoms with van der Waals surface area (Å²) in [6.07, 6.45) is 1.30. The molecule has 0 amide bonds. The van der Waals surface area contributed by atoms with E-state index in [1.54, 1.807) is 24.3 Å². The van der Waals surface area contributed by atoms with Gasteiger partial charge >= 0.3 is 5.97 Å². The van der Waals surface area contributed by atoms with Crippen LogP contribution in [0.5, 0.6) is 5.75 Å². The number of anilines is 1. The number of nitriles is 1. The van der Waals surface area contributed by atoms with Gasteiger partial charge in [-0.2, -0.15) is 5.26 Å². The standard InChI is InChI=1S/C21H22Cl2N2O3/c1-3-13(2)25-17-7-15(11-24)6-16(8-17)12-28-21-18(22)9-14(10-19(21)23)4-5-20(26)27/h6-10,13,25H,3-5,12H2,1-2H3,(H,26,27). The van der Waals surface area contributed by atoms with E-state index < -0.39 is 5.97 Å². The average Bonchev–Trinajstić information content (AvgIpc) is 2.65. The number of carboxylic acids is 1. The predicted molar refractivity (Wildman–Crippen MR) is 111 cm³/mol. The van der Waals surface area contributed by atoms with Crippen molar-refractivity contribution in [2.75, 3.05) is 5.32 Å². The van der Waals surface area contributed by atoms with E-state index in [1.165, 1.54) is 0 Å². The van der Waals surface area contributed by atoms with Gasteiger partial charge in [-0.3, -0.25) is 4.79 Å². The molecule has 5 nitrogen and oxygen atoms in total. The molecule has 2 rings (SSSR count). The van der Waals surface area contributed by atoms with E-state index in [2.05, 4.69) is 25.2 Å². The summed E-state index contributed by atoms with van der Waals surface area (Å²) in [4.78, 5) is 10.7. The van der Waals surface area contributed by atoms with Gasteiger partial charge in [0.05, 0.1) is 21.7 Å². The minimum Gasteiger partial charge on any atom is -0.486 e. The van der Waals surface area contributed by atoms with E-state index in [0.717, 1.165) is 23.2 Å². The number of carboxylic acid groups (broad SMARTS) is 1. The van der Waals surface area contributed by atoms with Gasteiger partial charge < -0.3 is 15.2 Å². The second kappa shape index (κ2) is 10.2. The topological polar surface area (TPSA) is 82.3 Å². The fourth-order valence-corrected chi connectivity index (χ4v) is 3.25. The van der Waals surface area contributed by atoms with Crippen LogP contribution in [0.1, 0.15) is 43.4 Å². The summed E-state index contributed by atoms with van der Waals surface area (Å²) in [6, 6.07) is 11.2. The van der Waals surface area contributed by atoms with Crippen molar-refractivity contribution in [1.82, 2.24) is 0 Å². The minimum absolute atomic E-state index is 0.000225. The number of carbonyl (C=O) groups is 1. The third-order valence-electron chi connectivity index (χ3n) is 4.22. The number of aliphatic carboxylic acids is 1. The molecule has 0 saturated heterocycles. The zero-order valence-corrected chi connectivity index (χ0v) is 17.3. The monoisotopic (exact) mass is 420 g/mol. The Kier molecular flexibility index (Phi) is 7.98. The third-order valence-corrected chi connectivity index (χ3v) is 4.78. The first-order valence-corrected chi connectivity index (χ1v) is 9.71. The predicted octanol–water partition coefficient (Wildman–Crippen LogP) is 5.67. The van der Waals surface area contributed by atoms with Crippen LogP contribution in [0.3, 0.4) is 0 Å². The maximum atomic E-state index is 10.7. The highest BCUT2D eigenvalue weighted by Gasteiger charge is 2.12. The summed E-state index contributed by atoms with van der Waals surface area (Å²) in [6.45, 7) is 4.35. The van der Waals surface area contributed by atoms with Crippen molar-refractivity contribution >= 4 is 34.9 Å². The number of hydrogen-bond acceptors (Lipinski definition) is 4. The first-order chi connectivity index (χ1) is 13.3. The van der Waals surface area contributed by atoms with Gasteiger partial charge in [0.15, 0.2) is 5.75 Å². The average molecular weight is 421 g/mol.